The maximum Gasteiger partial charge on any atom is 0.355 e. The van der Waals surface area contributed by atoms with Gasteiger partial charge < -0.3 is 5.73 Å². The lowest BCUT2D eigenvalue weighted by Crippen LogP contribution is -2.27. The van der Waals surface area contributed by atoms with Crippen molar-refractivity contribution in [3.05, 3.63) is 68.2 Å². The van der Waals surface area contributed by atoms with Crippen molar-refractivity contribution >= 4 is 40.2 Å². The molecule has 0 atom stereocenters. The average molecular weight is 487 g/mol. The Labute approximate surface area is 199 Å². The number of pyridine rings is 1. The summed E-state index contributed by atoms with van der Waals surface area (Å²) < 4.78 is 15.9. The van der Waals surface area contributed by atoms with Crippen molar-refractivity contribution in [3.63, 3.8) is 0 Å². The molecule has 2 N–H and O–H groups in total. The summed E-state index contributed by atoms with van der Waals surface area (Å²) in [6, 6.07) is 7.64. The van der Waals surface area contributed by atoms with E-state index in [1.165, 1.54) is 16.7 Å². The largest absolute Gasteiger partial charge is 0.368 e. The zero-order valence-electron chi connectivity index (χ0n) is 18.4. The summed E-state index contributed by atoms with van der Waals surface area (Å²) in [5.41, 5.74) is 7.39. The molecule has 3 heterocycles. The lowest BCUT2D eigenvalue weighted by atomic mass is 10.0. The number of nitrogens with two attached hydrogens (primary N) is 1. The highest BCUT2D eigenvalue weighted by molar-refractivity contribution is 6.36. The van der Waals surface area contributed by atoms with E-state index in [0.717, 1.165) is 0 Å². The van der Waals surface area contributed by atoms with Gasteiger partial charge in [0.1, 0.15) is 11.0 Å². The van der Waals surface area contributed by atoms with E-state index in [-0.39, 0.29) is 44.9 Å². The Hall–Kier alpha value is -3.10. The molecule has 10 heteroatoms. The molecule has 0 saturated heterocycles. The lowest BCUT2D eigenvalue weighted by molar-refractivity contribution is 0.631. The third-order valence-corrected chi connectivity index (χ3v) is 5.75. The second-order valence-corrected chi connectivity index (χ2v) is 8.97. The van der Waals surface area contributed by atoms with Crippen LogP contribution < -0.4 is 11.4 Å². The zero-order valence-corrected chi connectivity index (χ0v) is 19.9. The number of fused-ring (bicyclic) bond motifs is 1. The molecule has 170 valence electrons. The fourth-order valence-electron chi connectivity index (χ4n) is 3.67. The Morgan fingerprint density at radius 2 is 1.58 bits per heavy atom. The monoisotopic (exact) mass is 486 g/mol. The number of benzene rings is 1. The van der Waals surface area contributed by atoms with E-state index in [1.54, 1.807) is 18.2 Å². The second-order valence-electron chi connectivity index (χ2n) is 8.20. The van der Waals surface area contributed by atoms with E-state index in [2.05, 4.69) is 19.9 Å². The molecule has 0 aliphatic rings. The second kappa shape index (κ2) is 8.68. The Balaban J connectivity index is 2.20. The summed E-state index contributed by atoms with van der Waals surface area (Å²) in [5.74, 6) is -0.590. The number of hydrogen-bond acceptors (Lipinski definition) is 6. The third-order valence-electron chi connectivity index (χ3n) is 5.18. The van der Waals surface area contributed by atoms with E-state index in [4.69, 9.17) is 28.9 Å². The van der Waals surface area contributed by atoms with Crippen molar-refractivity contribution in [1.29, 1.82) is 0 Å². The highest BCUT2D eigenvalue weighted by atomic mass is 35.5. The minimum absolute atomic E-state index is 0.0608. The molecule has 4 aromatic rings. The van der Waals surface area contributed by atoms with Crippen LogP contribution in [0.1, 0.15) is 50.9 Å². The predicted molar refractivity (Wildman–Crippen MR) is 129 cm³/mol. The SMILES string of the molecule is CC(C)c1nc(N)nc(C(C)C)c1-n1c(=O)nc(Cl)c2cc(Cl)c(-c3ccccc3F)nc21. The number of halogens is 3. The van der Waals surface area contributed by atoms with Gasteiger partial charge in [-0.25, -0.2) is 28.7 Å². The standard InChI is InChI=1S/C23H21Cl2FN6O/c1-10(2)16-19(17(11(3)4)30-22(27)29-16)32-21-13(20(25)31-23(32)33)9-14(24)18(28-21)12-7-5-6-8-15(12)26/h5-11H,1-4H3,(H2,27,29,30). The number of anilines is 1. The molecular weight excluding hydrogens is 466 g/mol. The molecule has 0 bridgehead atoms. The zero-order chi connectivity index (χ0) is 24.0. The highest BCUT2D eigenvalue weighted by Crippen LogP contribution is 2.35. The predicted octanol–water partition coefficient (Wildman–Crippen LogP) is 5.51. The fourth-order valence-corrected chi connectivity index (χ4v) is 4.14. The summed E-state index contributed by atoms with van der Waals surface area (Å²) >= 11 is 12.8. The van der Waals surface area contributed by atoms with Crippen LogP contribution in [-0.4, -0.2) is 24.5 Å². The van der Waals surface area contributed by atoms with Crippen molar-refractivity contribution in [3.8, 4) is 16.9 Å². The molecule has 0 unspecified atom stereocenters. The minimum atomic E-state index is -0.668. The summed E-state index contributed by atoms with van der Waals surface area (Å²) in [7, 11) is 0. The summed E-state index contributed by atoms with van der Waals surface area (Å²) in [6.07, 6.45) is 0. The van der Waals surface area contributed by atoms with Gasteiger partial charge in [0, 0.05) is 5.56 Å². The average Bonchev–Trinajstić information content (AvgIpc) is 2.74. The van der Waals surface area contributed by atoms with E-state index in [0.29, 0.717) is 22.5 Å². The number of nitrogens with zero attached hydrogens (tertiary/aromatic N) is 5. The van der Waals surface area contributed by atoms with E-state index >= 15 is 0 Å². The van der Waals surface area contributed by atoms with Crippen LogP contribution in [0.4, 0.5) is 10.3 Å². The molecule has 0 amide bonds. The quantitative estimate of drug-likeness (QED) is 0.381. The van der Waals surface area contributed by atoms with Crippen LogP contribution in [0.25, 0.3) is 28.0 Å². The van der Waals surface area contributed by atoms with Crippen molar-refractivity contribution in [1.82, 2.24) is 24.5 Å². The van der Waals surface area contributed by atoms with Crippen LogP contribution in [0.3, 0.4) is 0 Å². The van der Waals surface area contributed by atoms with Gasteiger partial charge in [0.2, 0.25) is 5.95 Å². The first kappa shape index (κ1) is 23.1. The molecule has 7 nitrogen and oxygen atoms in total. The van der Waals surface area contributed by atoms with Crippen LogP contribution >= 0.6 is 23.2 Å². The lowest BCUT2D eigenvalue weighted by Gasteiger charge is -2.21. The first-order valence-corrected chi connectivity index (χ1v) is 11.1. The maximum atomic E-state index is 14.6. The van der Waals surface area contributed by atoms with Crippen LogP contribution in [0.2, 0.25) is 10.2 Å². The van der Waals surface area contributed by atoms with Gasteiger partial charge in [-0.15, -0.1) is 0 Å². The Morgan fingerprint density at radius 3 is 2.15 bits per heavy atom. The topological polar surface area (TPSA) is 99.6 Å². The number of nitrogen functional groups attached to an aromatic ring is 1. The molecule has 4 rings (SSSR count). The van der Waals surface area contributed by atoms with E-state index in [1.807, 2.05) is 27.7 Å². The van der Waals surface area contributed by atoms with Crippen molar-refractivity contribution in [2.24, 2.45) is 0 Å². The summed E-state index contributed by atoms with van der Waals surface area (Å²) in [5, 5.41) is 0.445. The normalized spacial score (nSPS) is 11.7. The van der Waals surface area contributed by atoms with E-state index in [9.17, 15) is 9.18 Å². The van der Waals surface area contributed by atoms with Gasteiger partial charge in [-0.2, -0.15) is 4.98 Å². The van der Waals surface area contributed by atoms with Gasteiger partial charge in [-0.1, -0.05) is 63.0 Å². The fraction of sp³-hybridized carbons (Fsp3) is 0.261. The van der Waals surface area contributed by atoms with Crippen LogP contribution in [-0.2, 0) is 0 Å². The third kappa shape index (κ3) is 4.05. The van der Waals surface area contributed by atoms with Gasteiger partial charge >= 0.3 is 5.69 Å². The molecule has 0 radical (unpaired) electrons. The first-order valence-electron chi connectivity index (χ1n) is 10.3. The Kier molecular flexibility index (Phi) is 6.07. The van der Waals surface area contributed by atoms with Gasteiger partial charge in [0.15, 0.2) is 5.65 Å². The highest BCUT2D eigenvalue weighted by Gasteiger charge is 2.25. The van der Waals surface area contributed by atoms with Crippen molar-refractivity contribution < 1.29 is 4.39 Å². The summed E-state index contributed by atoms with van der Waals surface area (Å²) in [6.45, 7) is 7.73. The van der Waals surface area contributed by atoms with Crippen molar-refractivity contribution in [2.45, 2.75) is 39.5 Å². The Morgan fingerprint density at radius 1 is 0.970 bits per heavy atom. The van der Waals surface area contributed by atoms with Crippen molar-refractivity contribution in [2.75, 3.05) is 5.73 Å². The number of aromatic nitrogens is 5. The maximum absolute atomic E-state index is 14.6. The van der Waals surface area contributed by atoms with Crippen LogP contribution in [0.15, 0.2) is 35.1 Å². The first-order chi connectivity index (χ1) is 15.6. The molecular formula is C23H21Cl2FN6O. The molecule has 0 fully saturated rings. The van der Waals surface area contributed by atoms with Gasteiger partial charge in [0.05, 0.1) is 33.2 Å². The smallest absolute Gasteiger partial charge is 0.355 e. The van der Waals surface area contributed by atoms with Gasteiger partial charge in [0.25, 0.3) is 0 Å². The van der Waals surface area contributed by atoms with Crippen LogP contribution in [0, 0.1) is 5.82 Å². The van der Waals surface area contributed by atoms with Gasteiger partial charge in [-0.05, 0) is 30.0 Å². The molecule has 0 spiro atoms. The molecule has 0 aliphatic heterocycles. The molecule has 0 saturated carbocycles. The molecule has 1 aromatic carbocycles. The van der Waals surface area contributed by atoms with E-state index < -0.39 is 11.5 Å². The number of rotatable bonds is 4. The number of hydrogen-bond donors (Lipinski definition) is 1. The Bertz CT molecular complexity index is 1420. The minimum Gasteiger partial charge on any atom is -0.368 e. The van der Waals surface area contributed by atoms with Crippen LogP contribution in [0.5, 0.6) is 0 Å². The molecule has 3 aromatic heterocycles. The van der Waals surface area contributed by atoms with Gasteiger partial charge in [-0.3, -0.25) is 0 Å². The summed E-state index contributed by atoms with van der Waals surface area (Å²) in [4.78, 5) is 30.6. The molecule has 33 heavy (non-hydrogen) atoms. The molecule has 0 aliphatic carbocycles.